The van der Waals surface area contributed by atoms with Gasteiger partial charge in [-0.25, -0.2) is 4.68 Å². The summed E-state index contributed by atoms with van der Waals surface area (Å²) in [6, 6.07) is 43.0. The first kappa shape index (κ1) is 34.2. The van der Waals surface area contributed by atoms with Gasteiger partial charge >= 0.3 is 0 Å². The predicted octanol–water partition coefficient (Wildman–Crippen LogP) is 7.92. The van der Waals surface area contributed by atoms with Gasteiger partial charge in [0.05, 0.1) is 6.20 Å². The molecule has 2 aliphatic carbocycles. The van der Waals surface area contributed by atoms with Gasteiger partial charge in [0.2, 0.25) is 0 Å². The van der Waals surface area contributed by atoms with Gasteiger partial charge in [-0.1, -0.05) is 125 Å². The Labute approximate surface area is 331 Å². The molecule has 5 nitrogen and oxygen atoms in total. The molecule has 2 aliphatic rings. The van der Waals surface area contributed by atoms with Gasteiger partial charge < -0.3 is 9.47 Å². The van der Waals surface area contributed by atoms with Gasteiger partial charge in [-0.3, -0.25) is 0 Å². The fraction of sp³-hybridized carbons (Fsp3) is 0.0385. The van der Waals surface area contributed by atoms with E-state index in [4.69, 9.17) is 9.47 Å². The number of rotatable bonds is 6. The molecule has 0 atom stereocenters. The fourth-order valence-electron chi connectivity index (χ4n) is 6.03. The van der Waals surface area contributed by atoms with Gasteiger partial charge in [-0.2, -0.15) is 0 Å². The van der Waals surface area contributed by atoms with Crippen LogP contribution in [0.1, 0.15) is 72.5 Å². The molecule has 0 radical (unpaired) electrons. The van der Waals surface area contributed by atoms with Crippen molar-refractivity contribution in [1.29, 1.82) is 0 Å². The van der Waals surface area contributed by atoms with Gasteiger partial charge in [0.25, 0.3) is 0 Å². The molecule has 1 heterocycles. The van der Waals surface area contributed by atoms with E-state index < -0.39 is 0 Å². The van der Waals surface area contributed by atoms with Crippen molar-refractivity contribution in [1.82, 2.24) is 15.0 Å². The molecule has 0 aliphatic heterocycles. The molecule has 0 spiro atoms. The summed E-state index contributed by atoms with van der Waals surface area (Å²) in [5.41, 5.74) is 10.6. The van der Waals surface area contributed by atoms with Crippen molar-refractivity contribution in [3.63, 3.8) is 0 Å². The molecule has 0 N–H and O–H groups in total. The smallest absolute Gasteiger partial charge is 0.182 e. The summed E-state index contributed by atoms with van der Waals surface area (Å²) in [5.74, 6) is 40.8. The second-order valence-electron chi connectivity index (χ2n) is 12.9. The number of hydrogen-bond acceptors (Lipinski definition) is 4. The maximum Gasteiger partial charge on any atom is 0.182 e. The Bertz CT molecular complexity index is 2910. The second-order valence-corrected chi connectivity index (χ2v) is 12.9. The Morgan fingerprint density at radius 2 is 0.684 bits per heavy atom. The zero-order chi connectivity index (χ0) is 38.2. The van der Waals surface area contributed by atoms with Crippen LogP contribution in [-0.2, 0) is 13.3 Å². The summed E-state index contributed by atoms with van der Waals surface area (Å²) in [6.07, 6.45) is 1.79. The van der Waals surface area contributed by atoms with E-state index >= 15 is 0 Å². The lowest BCUT2D eigenvalue weighted by molar-refractivity contribution is 0.218. The molecule has 0 fully saturated rings. The van der Waals surface area contributed by atoms with Gasteiger partial charge in [-0.05, 0) is 84.9 Å². The molecule has 0 unspecified atom stereocenters. The van der Waals surface area contributed by atoms with Crippen LogP contribution in [0.3, 0.4) is 0 Å². The maximum atomic E-state index is 6.17. The van der Waals surface area contributed by atoms with Crippen LogP contribution >= 0.6 is 0 Å². The topological polar surface area (TPSA) is 49.2 Å². The Kier molecular flexibility index (Phi) is 9.48. The van der Waals surface area contributed by atoms with Crippen LogP contribution < -0.4 is 9.47 Å². The first-order valence-electron chi connectivity index (χ1n) is 18.1. The van der Waals surface area contributed by atoms with Gasteiger partial charge in [0.15, 0.2) is 6.73 Å². The average Bonchev–Trinajstić information content (AvgIpc) is 3.72. The summed E-state index contributed by atoms with van der Waals surface area (Å²) in [6.45, 7) is 0.338. The summed E-state index contributed by atoms with van der Waals surface area (Å²) in [7, 11) is 0. The van der Waals surface area contributed by atoms with E-state index in [1.165, 1.54) is 0 Å². The Hall–Kier alpha value is -8.58. The zero-order valence-electron chi connectivity index (χ0n) is 30.4. The zero-order valence-corrected chi connectivity index (χ0v) is 30.4. The third kappa shape index (κ3) is 8.02. The molecule has 0 saturated carbocycles. The van der Waals surface area contributed by atoms with Crippen molar-refractivity contribution >= 4 is 0 Å². The summed E-state index contributed by atoms with van der Waals surface area (Å²) < 4.78 is 13.9. The number of benzene rings is 6. The second kappa shape index (κ2) is 15.8. The quantitative estimate of drug-likeness (QED) is 0.164. The highest BCUT2D eigenvalue weighted by molar-refractivity contribution is 5.64. The molecular weight excluding hydrogens is 699 g/mol. The van der Waals surface area contributed by atoms with Crippen LogP contribution in [0.5, 0.6) is 11.5 Å². The van der Waals surface area contributed by atoms with Crippen LogP contribution in [-0.4, -0.2) is 15.0 Å². The van der Waals surface area contributed by atoms with Gasteiger partial charge in [0, 0.05) is 66.8 Å². The highest BCUT2D eigenvalue weighted by atomic mass is 16.5. The Morgan fingerprint density at radius 1 is 0.368 bits per heavy atom. The molecule has 0 saturated heterocycles. The summed E-state index contributed by atoms with van der Waals surface area (Å²) in [4.78, 5) is 0. The Morgan fingerprint density at radius 3 is 1.05 bits per heavy atom. The molecule has 9 rings (SSSR count). The number of nitrogens with zero attached hydrogens (tertiary/aromatic N) is 3. The minimum atomic E-state index is 0.138. The molecule has 0 amide bonds. The molecule has 5 heteroatoms. The van der Waals surface area contributed by atoms with Crippen LogP contribution in [0.4, 0.5) is 0 Å². The minimum Gasteiger partial charge on any atom is -0.487 e. The lowest BCUT2D eigenvalue weighted by Crippen LogP contribution is -2.06. The number of aromatic nitrogens is 3. The normalized spacial score (nSPS) is 10.9. The molecular formula is C52H27N3O2. The molecule has 6 aromatic carbocycles. The van der Waals surface area contributed by atoms with Crippen LogP contribution in [0.2, 0.25) is 0 Å². The third-order valence-electron chi connectivity index (χ3n) is 9.02. The maximum absolute atomic E-state index is 6.17. The summed E-state index contributed by atoms with van der Waals surface area (Å²) >= 11 is 0. The SMILES string of the molecule is C1#Cc2ccccc2C#Cc2cc(OCc3cn(COc4ccc5c(c4)C#Cc4ccccc4C#Cc4ccccc4C#C5)nn3)ccc2C#Cc2ccccc21. The monoisotopic (exact) mass is 725 g/mol. The van der Waals surface area contributed by atoms with Gasteiger partial charge in [0.1, 0.15) is 23.8 Å². The van der Waals surface area contributed by atoms with Crippen molar-refractivity contribution in [2.45, 2.75) is 13.3 Å². The van der Waals surface area contributed by atoms with E-state index in [1.807, 2.05) is 133 Å². The van der Waals surface area contributed by atoms with Crippen molar-refractivity contribution < 1.29 is 9.47 Å². The highest BCUT2D eigenvalue weighted by Gasteiger charge is 2.09. The van der Waals surface area contributed by atoms with Crippen LogP contribution in [0.15, 0.2) is 140 Å². The van der Waals surface area contributed by atoms with E-state index in [9.17, 15) is 0 Å². The van der Waals surface area contributed by atoms with E-state index in [0.717, 1.165) is 66.8 Å². The van der Waals surface area contributed by atoms with Crippen molar-refractivity contribution in [2.24, 2.45) is 0 Å². The van der Waals surface area contributed by atoms with E-state index in [2.05, 4.69) is 81.4 Å². The predicted molar refractivity (Wildman–Crippen MR) is 220 cm³/mol. The summed E-state index contributed by atoms with van der Waals surface area (Å²) in [5, 5.41) is 8.57. The highest BCUT2D eigenvalue weighted by Crippen LogP contribution is 2.21. The number of ether oxygens (including phenoxy) is 2. The molecule has 57 heavy (non-hydrogen) atoms. The largest absolute Gasteiger partial charge is 0.487 e. The van der Waals surface area contributed by atoms with Crippen molar-refractivity contribution in [2.75, 3.05) is 0 Å². The minimum absolute atomic E-state index is 0.138. The lowest BCUT2D eigenvalue weighted by Gasteiger charge is -2.08. The fourth-order valence-corrected chi connectivity index (χ4v) is 6.03. The van der Waals surface area contributed by atoms with Crippen molar-refractivity contribution in [3.05, 3.63) is 212 Å². The first-order chi connectivity index (χ1) is 28.2. The number of hydrogen-bond donors (Lipinski definition) is 0. The Balaban J connectivity index is 0.917. The van der Waals surface area contributed by atoms with Gasteiger partial charge in [-0.15, -0.1) is 5.10 Å². The molecule has 262 valence electrons. The number of fused-ring (bicyclic) bond motifs is 6. The van der Waals surface area contributed by atoms with E-state index in [1.54, 1.807) is 10.9 Å². The lowest BCUT2D eigenvalue weighted by atomic mass is 10.0. The third-order valence-corrected chi connectivity index (χ3v) is 9.02. The van der Waals surface area contributed by atoms with Crippen LogP contribution in [0.25, 0.3) is 0 Å². The van der Waals surface area contributed by atoms with Crippen LogP contribution in [0, 0.1) is 71.0 Å². The molecule has 0 bridgehead atoms. The average molecular weight is 726 g/mol. The van der Waals surface area contributed by atoms with E-state index in [-0.39, 0.29) is 13.3 Å². The first-order valence-corrected chi connectivity index (χ1v) is 18.1. The van der Waals surface area contributed by atoms with Crippen molar-refractivity contribution in [3.8, 4) is 82.5 Å². The molecule has 1 aromatic heterocycles. The standard InChI is InChI=1S/C52H27N3O2/c1-3-13-42-21-23-46-29-31-51(33-48(46)27-25-44-15-7-5-11-40(44)19-17-38(42)9-1)56-36-50-35-55(54-53-50)37-57-52-32-30-47-24-22-43-14-4-2-10-39(43)18-20-41-12-6-8-16-45(41)26-28-49(47)34-52/h1-16,29-35H,36-37H2. The molecule has 7 aromatic rings. The van der Waals surface area contributed by atoms with E-state index in [0.29, 0.717) is 17.2 Å².